The number of nitrogens with one attached hydrogen (secondary N) is 1. The average molecular weight is 784 g/mol. The zero-order chi connectivity index (χ0) is 39.4. The molecule has 4 fully saturated rings. The topological polar surface area (TPSA) is 169 Å². The second kappa shape index (κ2) is 17.0. The number of hydrogen-bond acceptors (Lipinski definition) is 12. The number of amides is 2. The molecule has 4 aliphatic rings. The van der Waals surface area contributed by atoms with Crippen molar-refractivity contribution < 1.29 is 19.1 Å². The van der Waals surface area contributed by atoms with Gasteiger partial charge in [-0.3, -0.25) is 19.8 Å². The Labute approximate surface area is 337 Å². The number of carbonyl (C=O) groups excluding carboxylic acids is 2. The van der Waals surface area contributed by atoms with Crippen molar-refractivity contribution in [3.8, 4) is 23.3 Å². The number of pyridine rings is 2. The first-order valence-electron chi connectivity index (χ1n) is 20.8. The molecule has 300 valence electrons. The van der Waals surface area contributed by atoms with Crippen molar-refractivity contribution >= 4 is 28.5 Å². The van der Waals surface area contributed by atoms with E-state index in [1.54, 1.807) is 34.0 Å². The molecule has 15 nitrogen and oxygen atoms in total. The Balaban J connectivity index is 0.785. The van der Waals surface area contributed by atoms with Crippen LogP contribution < -0.4 is 15.0 Å². The van der Waals surface area contributed by atoms with Crippen LogP contribution in [0.4, 0.5) is 5.69 Å². The molecule has 1 unspecified atom stereocenters. The minimum atomic E-state index is -0.245. The van der Waals surface area contributed by atoms with Gasteiger partial charge >= 0.3 is 0 Å². The number of benzene rings is 1. The van der Waals surface area contributed by atoms with Crippen molar-refractivity contribution in [3.63, 3.8) is 0 Å². The van der Waals surface area contributed by atoms with E-state index in [2.05, 4.69) is 53.7 Å². The lowest BCUT2D eigenvalue weighted by Gasteiger charge is -2.37. The first-order chi connectivity index (χ1) is 28.5. The zero-order valence-corrected chi connectivity index (χ0v) is 32.7. The molecule has 5 aromatic rings. The van der Waals surface area contributed by atoms with Crippen LogP contribution in [0.1, 0.15) is 86.4 Å². The van der Waals surface area contributed by atoms with Gasteiger partial charge in [-0.25, -0.2) is 14.6 Å². The third-order valence-electron chi connectivity index (χ3n) is 12.5. The molecule has 0 radical (unpaired) electrons. The summed E-state index contributed by atoms with van der Waals surface area (Å²) in [6, 6.07) is 14.1. The van der Waals surface area contributed by atoms with Crippen molar-refractivity contribution in [2.75, 3.05) is 57.4 Å². The van der Waals surface area contributed by atoms with Gasteiger partial charge in [-0.2, -0.15) is 15.0 Å². The Bertz CT molecular complexity index is 2280. The van der Waals surface area contributed by atoms with E-state index in [1.165, 1.54) is 24.9 Å². The number of nitrogens with zero attached hydrogens (tertiary/aromatic N) is 10. The second-order valence-corrected chi connectivity index (χ2v) is 16.2. The van der Waals surface area contributed by atoms with Gasteiger partial charge in [0.15, 0.2) is 11.5 Å². The van der Waals surface area contributed by atoms with Gasteiger partial charge in [-0.05, 0) is 93.5 Å². The lowest BCUT2D eigenvalue weighted by atomic mass is 9.79. The SMILES string of the molecule is N#Cc1cnc2c(cnn2-c2cc(OCC3CCOCC3)c(-n3cc(C4CCC(CCN5CCN(c6ccc(C7CCC(=O)NC7=O)cc6)CC5)CC4)nn3)cn2)c1. The van der Waals surface area contributed by atoms with Gasteiger partial charge in [0.05, 0.1) is 42.4 Å². The van der Waals surface area contributed by atoms with Crippen LogP contribution in [0, 0.1) is 23.2 Å². The Morgan fingerprint density at radius 2 is 1.71 bits per heavy atom. The standard InChI is InChI=1S/C43H49N11O4/c44-23-31-21-34-25-47-54(42(34)46-24-31)40-22-39(58-28-30-12-19-57-20-13-30)38(26-45-40)53-27-37(49-50-53)33-3-1-29(2-4-33)11-14-51-15-17-52(18-16-51)35-7-5-32(6-8-35)36-9-10-41(55)48-43(36)56/h5-8,21-22,24-27,29-30,33,36H,1-4,9-20,28H2,(H,48,55,56). The van der Waals surface area contributed by atoms with Gasteiger partial charge in [0.2, 0.25) is 11.8 Å². The summed E-state index contributed by atoms with van der Waals surface area (Å²) in [5.41, 5.74) is 5.00. The number of imide groups is 1. The fourth-order valence-electron chi connectivity index (χ4n) is 8.95. The number of anilines is 1. The first kappa shape index (κ1) is 37.8. The molecule has 15 heteroatoms. The summed E-state index contributed by atoms with van der Waals surface area (Å²) in [4.78, 5) is 38.1. The molecule has 0 spiro atoms. The molecular formula is C43H49N11O4. The summed E-state index contributed by atoms with van der Waals surface area (Å²) < 4.78 is 15.5. The van der Waals surface area contributed by atoms with E-state index < -0.39 is 0 Å². The number of rotatable bonds is 11. The number of fused-ring (bicyclic) bond motifs is 1. The maximum atomic E-state index is 12.3. The summed E-state index contributed by atoms with van der Waals surface area (Å²) in [5, 5.41) is 26.3. The lowest BCUT2D eigenvalue weighted by molar-refractivity contribution is -0.134. The van der Waals surface area contributed by atoms with Crippen LogP contribution in [0.15, 0.2) is 61.2 Å². The highest BCUT2D eigenvalue weighted by atomic mass is 16.5. The Morgan fingerprint density at radius 1 is 0.897 bits per heavy atom. The lowest BCUT2D eigenvalue weighted by Crippen LogP contribution is -2.47. The average Bonchev–Trinajstić information content (AvgIpc) is 3.94. The molecule has 1 atom stereocenters. The molecule has 3 saturated heterocycles. The maximum absolute atomic E-state index is 12.3. The summed E-state index contributed by atoms with van der Waals surface area (Å²) >= 11 is 0. The number of ether oxygens (including phenoxy) is 2. The highest BCUT2D eigenvalue weighted by Crippen LogP contribution is 2.37. The smallest absolute Gasteiger partial charge is 0.234 e. The van der Waals surface area contributed by atoms with E-state index in [4.69, 9.17) is 14.5 Å². The van der Waals surface area contributed by atoms with Crippen LogP contribution in [0.3, 0.4) is 0 Å². The van der Waals surface area contributed by atoms with E-state index >= 15 is 0 Å². The number of piperazine rings is 1. The minimum Gasteiger partial charge on any atom is -0.491 e. The van der Waals surface area contributed by atoms with Crippen molar-refractivity contribution in [2.24, 2.45) is 11.8 Å². The van der Waals surface area contributed by atoms with Crippen molar-refractivity contribution in [1.82, 2.24) is 45.0 Å². The van der Waals surface area contributed by atoms with Gasteiger partial charge in [0, 0.05) is 75.1 Å². The number of carbonyl (C=O) groups is 2. The Morgan fingerprint density at radius 3 is 2.48 bits per heavy atom. The third-order valence-corrected chi connectivity index (χ3v) is 12.5. The van der Waals surface area contributed by atoms with Gasteiger partial charge in [0.1, 0.15) is 17.5 Å². The Kier molecular flexibility index (Phi) is 11.1. The first-order valence-corrected chi connectivity index (χ1v) is 20.8. The quantitative estimate of drug-likeness (QED) is 0.177. The monoisotopic (exact) mass is 783 g/mol. The number of piperidine rings is 1. The molecule has 3 aliphatic heterocycles. The van der Waals surface area contributed by atoms with E-state index in [-0.39, 0.29) is 17.7 Å². The Hall–Kier alpha value is -5.72. The highest BCUT2D eigenvalue weighted by Gasteiger charge is 2.29. The van der Waals surface area contributed by atoms with Gasteiger partial charge in [0.25, 0.3) is 0 Å². The molecule has 1 aromatic carbocycles. The van der Waals surface area contributed by atoms with Crippen LogP contribution in [0.5, 0.6) is 5.75 Å². The van der Waals surface area contributed by atoms with E-state index in [0.717, 1.165) is 94.0 Å². The van der Waals surface area contributed by atoms with Crippen molar-refractivity contribution in [2.45, 2.75) is 69.6 Å². The predicted octanol–water partition coefficient (Wildman–Crippen LogP) is 5.08. The molecule has 7 heterocycles. The molecule has 1 saturated carbocycles. The summed E-state index contributed by atoms with van der Waals surface area (Å²) in [5.74, 6) is 2.09. The van der Waals surface area contributed by atoms with Crippen LogP contribution in [-0.4, -0.2) is 104 Å². The molecular weight excluding hydrogens is 735 g/mol. The van der Waals surface area contributed by atoms with Gasteiger partial charge in [-0.15, -0.1) is 5.10 Å². The number of nitriles is 1. The highest BCUT2D eigenvalue weighted by molar-refractivity contribution is 6.01. The van der Waals surface area contributed by atoms with Crippen molar-refractivity contribution in [3.05, 3.63) is 78.0 Å². The third kappa shape index (κ3) is 8.30. The molecule has 2 amide bonds. The van der Waals surface area contributed by atoms with E-state index in [1.807, 2.05) is 24.4 Å². The summed E-state index contributed by atoms with van der Waals surface area (Å²) in [7, 11) is 0. The van der Waals surface area contributed by atoms with Crippen LogP contribution in [0.25, 0.3) is 22.5 Å². The van der Waals surface area contributed by atoms with Crippen LogP contribution in [-0.2, 0) is 14.3 Å². The van der Waals surface area contributed by atoms with Crippen LogP contribution >= 0.6 is 0 Å². The molecule has 1 aliphatic carbocycles. The molecule has 1 N–H and O–H groups in total. The van der Waals surface area contributed by atoms with Crippen molar-refractivity contribution in [1.29, 1.82) is 5.26 Å². The van der Waals surface area contributed by atoms with E-state index in [9.17, 15) is 14.9 Å². The number of hydrogen-bond donors (Lipinski definition) is 1. The predicted molar refractivity (Wildman–Crippen MR) is 215 cm³/mol. The molecule has 4 aromatic heterocycles. The second-order valence-electron chi connectivity index (χ2n) is 16.2. The molecule has 58 heavy (non-hydrogen) atoms. The molecule has 9 rings (SSSR count). The fourth-order valence-corrected chi connectivity index (χ4v) is 8.95. The normalized spacial score (nSPS) is 22.2. The summed E-state index contributed by atoms with van der Waals surface area (Å²) in [6.07, 6.45) is 15.7. The van der Waals surface area contributed by atoms with Crippen LogP contribution in [0.2, 0.25) is 0 Å². The fraction of sp³-hybridized carbons (Fsp3) is 0.488. The molecule has 0 bridgehead atoms. The largest absolute Gasteiger partial charge is 0.491 e. The zero-order valence-electron chi connectivity index (χ0n) is 32.7. The van der Waals surface area contributed by atoms with E-state index in [0.29, 0.717) is 60.0 Å². The van der Waals surface area contributed by atoms with Gasteiger partial charge < -0.3 is 14.4 Å². The number of aromatic nitrogens is 7. The maximum Gasteiger partial charge on any atom is 0.234 e. The van der Waals surface area contributed by atoms with Gasteiger partial charge in [-0.1, -0.05) is 17.3 Å². The summed E-state index contributed by atoms with van der Waals surface area (Å²) in [6.45, 7) is 7.25. The minimum absolute atomic E-state index is 0.179.